The average Bonchev–Trinajstić information content (AvgIpc) is 2.77. The van der Waals surface area contributed by atoms with Gasteiger partial charge in [-0.05, 0) is 60.8 Å². The van der Waals surface area contributed by atoms with E-state index in [1.165, 1.54) is 16.7 Å². The van der Waals surface area contributed by atoms with Gasteiger partial charge in [-0.15, -0.1) is 0 Å². The van der Waals surface area contributed by atoms with Gasteiger partial charge in [-0.3, -0.25) is 4.79 Å². The molecule has 1 aliphatic heterocycles. The zero-order valence-corrected chi connectivity index (χ0v) is 21.1. The molecule has 1 atom stereocenters. The molecule has 1 fully saturated rings. The smallest absolute Gasteiger partial charge is 0.322 e. The fraction of sp³-hybridized carbons (Fsp3) is 0.630. The summed E-state index contributed by atoms with van der Waals surface area (Å²) in [5.74, 6) is -3.25. The number of carbonyl (C=O) groups is 2. The summed E-state index contributed by atoms with van der Waals surface area (Å²) in [5, 5.41) is 3.04. The van der Waals surface area contributed by atoms with Crippen LogP contribution in [0.25, 0.3) is 0 Å². The molecule has 7 heteroatoms. The molecule has 1 heterocycles. The number of hydrogen-bond donors (Lipinski definition) is 1. The van der Waals surface area contributed by atoms with E-state index in [4.69, 9.17) is 4.74 Å². The summed E-state index contributed by atoms with van der Waals surface area (Å²) in [4.78, 5) is 26.1. The number of rotatable bonds is 9. The van der Waals surface area contributed by atoms with Crippen LogP contribution in [0.3, 0.4) is 0 Å². The predicted molar refractivity (Wildman–Crippen MR) is 129 cm³/mol. The number of amides is 2. The number of benzene rings is 1. The van der Waals surface area contributed by atoms with Crippen molar-refractivity contribution in [2.75, 3.05) is 13.2 Å². The highest BCUT2D eigenvalue weighted by atomic mass is 19.3. The van der Waals surface area contributed by atoms with E-state index in [-0.39, 0.29) is 43.9 Å². The summed E-state index contributed by atoms with van der Waals surface area (Å²) in [5.41, 5.74) is 2.97. The Bertz CT molecular complexity index is 957. The summed E-state index contributed by atoms with van der Waals surface area (Å²) in [6.07, 6.45) is 4.08. The number of alkyl halides is 2. The Morgan fingerprint density at radius 2 is 1.97 bits per heavy atom. The first-order valence-electron chi connectivity index (χ1n) is 12.3. The Kier molecular flexibility index (Phi) is 7.73. The Morgan fingerprint density at radius 3 is 2.62 bits per heavy atom. The van der Waals surface area contributed by atoms with E-state index in [1.807, 2.05) is 19.1 Å². The standard InChI is InChI=1S/C27H38F2N2O3/c1-6-25(4,5)12-10-20-8-9-21(16-19(20)3)27-14-13-26(28,29)17-22(27)18-31(24(33)30-27)15-11-23(32)34-7-2/h8-9,16,18H,6-7,10-15,17H2,1-5H3,(H,30,33). The lowest BCUT2D eigenvalue weighted by atomic mass is 9.70. The number of hydrogen-bond acceptors (Lipinski definition) is 3. The first-order chi connectivity index (χ1) is 15.9. The predicted octanol–water partition coefficient (Wildman–Crippen LogP) is 6.24. The number of carbonyl (C=O) groups excluding carboxylic acids is 2. The third-order valence-electron chi connectivity index (χ3n) is 7.48. The van der Waals surface area contributed by atoms with Crippen LogP contribution in [0.4, 0.5) is 13.6 Å². The Labute approximate surface area is 201 Å². The topological polar surface area (TPSA) is 58.6 Å². The van der Waals surface area contributed by atoms with Crippen molar-refractivity contribution in [2.24, 2.45) is 5.41 Å². The summed E-state index contributed by atoms with van der Waals surface area (Å²) in [7, 11) is 0. The number of nitrogens with one attached hydrogen (secondary N) is 1. The molecule has 0 saturated heterocycles. The van der Waals surface area contributed by atoms with Crippen LogP contribution in [0.15, 0.2) is 30.0 Å². The minimum Gasteiger partial charge on any atom is -0.466 e. The number of aryl methyl sites for hydroxylation is 2. The zero-order chi connectivity index (χ0) is 25.1. The van der Waals surface area contributed by atoms with Crippen LogP contribution in [-0.4, -0.2) is 36.0 Å². The summed E-state index contributed by atoms with van der Waals surface area (Å²) >= 11 is 0. The van der Waals surface area contributed by atoms with E-state index >= 15 is 0 Å². The summed E-state index contributed by atoms with van der Waals surface area (Å²) in [6, 6.07) is 5.71. The number of ether oxygens (including phenoxy) is 1. The highest BCUT2D eigenvalue weighted by molar-refractivity contribution is 5.80. The molecule has 0 aromatic heterocycles. The second kappa shape index (κ2) is 10.0. The van der Waals surface area contributed by atoms with Crippen LogP contribution in [0, 0.1) is 12.3 Å². The molecular weight excluding hydrogens is 438 g/mol. The normalized spacial score (nSPS) is 22.0. The summed E-state index contributed by atoms with van der Waals surface area (Å²) < 4.78 is 33.8. The number of esters is 1. The molecule has 1 saturated carbocycles. The molecule has 1 aliphatic carbocycles. The van der Waals surface area contributed by atoms with Gasteiger partial charge in [0.05, 0.1) is 18.6 Å². The molecule has 1 unspecified atom stereocenters. The molecular formula is C27H38F2N2O3. The van der Waals surface area contributed by atoms with Crippen molar-refractivity contribution in [2.45, 2.75) is 91.0 Å². The highest BCUT2D eigenvalue weighted by Crippen LogP contribution is 2.49. The largest absolute Gasteiger partial charge is 0.466 e. The molecule has 5 nitrogen and oxygen atoms in total. The van der Waals surface area contributed by atoms with E-state index in [1.54, 1.807) is 6.92 Å². The minimum absolute atomic E-state index is 0.0103. The lowest BCUT2D eigenvalue weighted by Crippen LogP contribution is -2.58. The van der Waals surface area contributed by atoms with E-state index in [0.29, 0.717) is 5.57 Å². The van der Waals surface area contributed by atoms with Crippen LogP contribution >= 0.6 is 0 Å². The van der Waals surface area contributed by atoms with Gasteiger partial charge >= 0.3 is 12.0 Å². The van der Waals surface area contributed by atoms with Gasteiger partial charge in [-0.2, -0.15) is 0 Å². The van der Waals surface area contributed by atoms with Crippen LogP contribution in [-0.2, 0) is 21.5 Å². The van der Waals surface area contributed by atoms with Gasteiger partial charge in [-0.25, -0.2) is 13.6 Å². The first-order valence-corrected chi connectivity index (χ1v) is 12.3. The van der Waals surface area contributed by atoms with Gasteiger partial charge in [0.15, 0.2) is 0 Å². The van der Waals surface area contributed by atoms with Gasteiger partial charge in [0.1, 0.15) is 0 Å². The number of urea groups is 1. The maximum Gasteiger partial charge on any atom is 0.322 e. The second-order valence-electron chi connectivity index (χ2n) is 10.4. The van der Waals surface area contributed by atoms with Crippen molar-refractivity contribution < 1.29 is 23.1 Å². The van der Waals surface area contributed by atoms with Crippen molar-refractivity contribution in [1.29, 1.82) is 0 Å². The minimum atomic E-state index is -2.83. The van der Waals surface area contributed by atoms with Crippen molar-refractivity contribution in [1.82, 2.24) is 10.2 Å². The van der Waals surface area contributed by atoms with Crippen molar-refractivity contribution in [3.63, 3.8) is 0 Å². The van der Waals surface area contributed by atoms with Crippen LogP contribution in [0.2, 0.25) is 0 Å². The average molecular weight is 477 g/mol. The van der Waals surface area contributed by atoms with Crippen LogP contribution in [0.1, 0.15) is 82.9 Å². The first kappa shape index (κ1) is 26.2. The molecule has 34 heavy (non-hydrogen) atoms. The molecule has 0 spiro atoms. The van der Waals surface area contributed by atoms with Crippen molar-refractivity contribution >= 4 is 12.0 Å². The molecule has 1 aromatic rings. The monoisotopic (exact) mass is 476 g/mol. The maximum atomic E-state index is 14.4. The Hall–Kier alpha value is -2.44. The van der Waals surface area contributed by atoms with Crippen LogP contribution < -0.4 is 5.32 Å². The molecule has 3 rings (SSSR count). The lowest BCUT2D eigenvalue weighted by molar-refractivity contribution is -0.143. The number of halogens is 2. The fourth-order valence-electron chi connectivity index (χ4n) is 4.75. The van der Waals surface area contributed by atoms with Crippen molar-refractivity contribution in [3.8, 4) is 0 Å². The van der Waals surface area contributed by atoms with Crippen LogP contribution in [0.5, 0.6) is 0 Å². The van der Waals surface area contributed by atoms with E-state index in [0.717, 1.165) is 30.4 Å². The fourth-order valence-corrected chi connectivity index (χ4v) is 4.75. The third-order valence-corrected chi connectivity index (χ3v) is 7.48. The van der Waals surface area contributed by atoms with Gasteiger partial charge < -0.3 is 15.0 Å². The van der Waals surface area contributed by atoms with E-state index < -0.39 is 23.9 Å². The molecule has 2 amide bonds. The van der Waals surface area contributed by atoms with Gasteiger partial charge in [0.2, 0.25) is 0 Å². The third kappa shape index (κ3) is 5.78. The highest BCUT2D eigenvalue weighted by Gasteiger charge is 2.51. The van der Waals surface area contributed by atoms with Gasteiger partial charge in [0.25, 0.3) is 5.92 Å². The Morgan fingerprint density at radius 1 is 1.24 bits per heavy atom. The molecule has 0 radical (unpaired) electrons. The SMILES string of the molecule is CCOC(=O)CCN1C=C2CC(F)(F)CCC2(c2ccc(CCC(C)(C)CC)c(C)c2)NC1=O. The molecule has 2 aliphatic rings. The maximum absolute atomic E-state index is 14.4. The zero-order valence-electron chi connectivity index (χ0n) is 21.1. The molecule has 1 aromatic carbocycles. The van der Waals surface area contributed by atoms with E-state index in [9.17, 15) is 18.4 Å². The lowest BCUT2D eigenvalue weighted by Gasteiger charge is -2.47. The molecule has 188 valence electrons. The quantitative estimate of drug-likeness (QED) is 0.429. The van der Waals surface area contributed by atoms with Gasteiger partial charge in [0, 0.05) is 25.6 Å². The van der Waals surface area contributed by atoms with Gasteiger partial charge in [-0.1, -0.05) is 45.4 Å². The summed E-state index contributed by atoms with van der Waals surface area (Å²) in [6.45, 7) is 10.8. The molecule has 1 N–H and O–H groups in total. The van der Waals surface area contributed by atoms with Crippen molar-refractivity contribution in [3.05, 3.63) is 46.7 Å². The molecule has 0 bridgehead atoms. The second-order valence-corrected chi connectivity index (χ2v) is 10.4. The Balaban J connectivity index is 1.89. The number of nitrogens with zero attached hydrogens (tertiary/aromatic N) is 1. The number of fused-ring (bicyclic) bond motifs is 1. The van der Waals surface area contributed by atoms with E-state index in [2.05, 4.69) is 32.2 Å².